The molecule has 0 saturated carbocycles. The van der Waals surface area contributed by atoms with E-state index in [1.807, 2.05) is 0 Å². The molecule has 0 aliphatic heterocycles. The van der Waals surface area contributed by atoms with Crippen LogP contribution in [0.1, 0.15) is 24.2 Å². The summed E-state index contributed by atoms with van der Waals surface area (Å²) < 4.78 is 11.0. The molecule has 0 fully saturated rings. The van der Waals surface area contributed by atoms with Gasteiger partial charge in [-0.3, -0.25) is 9.59 Å². The second-order valence-electron chi connectivity index (χ2n) is 5.11. The van der Waals surface area contributed by atoms with Crippen molar-refractivity contribution in [1.82, 2.24) is 0 Å². The fourth-order valence-electron chi connectivity index (χ4n) is 2.14. The van der Waals surface area contributed by atoms with Gasteiger partial charge < -0.3 is 19.9 Å². The van der Waals surface area contributed by atoms with E-state index in [0.717, 1.165) is 0 Å². The van der Waals surface area contributed by atoms with E-state index in [1.54, 1.807) is 36.4 Å². The molecule has 2 aromatic rings. The summed E-state index contributed by atoms with van der Waals surface area (Å²) in [4.78, 5) is 22.5. The maximum atomic E-state index is 11.5. The number of carbonyl (C=O) groups is 2. The third kappa shape index (κ3) is 4.74. The highest BCUT2D eigenvalue weighted by atomic mass is 16.5. The van der Waals surface area contributed by atoms with Crippen LogP contribution in [0.3, 0.4) is 0 Å². The Labute approximate surface area is 140 Å². The van der Waals surface area contributed by atoms with E-state index in [2.05, 4.69) is 5.32 Å². The van der Waals surface area contributed by atoms with Crippen LogP contribution in [-0.2, 0) is 4.79 Å². The normalized spacial score (nSPS) is 10.1. The van der Waals surface area contributed by atoms with Crippen molar-refractivity contribution in [3.05, 3.63) is 48.0 Å². The average Bonchev–Trinajstić information content (AvgIpc) is 2.52. The summed E-state index contributed by atoms with van der Waals surface area (Å²) in [5.74, 6) is 0.457. The van der Waals surface area contributed by atoms with Crippen molar-refractivity contribution >= 4 is 17.4 Å². The lowest BCUT2D eigenvalue weighted by molar-refractivity contribution is -0.114. The number of hydrogen-bond acceptors (Lipinski definition) is 5. The molecular weight excluding hydrogens is 310 g/mol. The molecule has 0 radical (unpaired) electrons. The summed E-state index contributed by atoms with van der Waals surface area (Å²) in [5.41, 5.74) is 0.856. The highest BCUT2D eigenvalue weighted by Gasteiger charge is 2.13. The Morgan fingerprint density at radius 1 is 1.00 bits per heavy atom. The molecule has 24 heavy (non-hydrogen) atoms. The number of nitrogens with one attached hydrogen (secondary N) is 1. The number of amides is 1. The fourth-order valence-corrected chi connectivity index (χ4v) is 2.14. The average molecular weight is 329 g/mol. The Kier molecular flexibility index (Phi) is 5.78. The Morgan fingerprint density at radius 2 is 1.67 bits per heavy atom. The minimum absolute atomic E-state index is 0.102. The van der Waals surface area contributed by atoms with Crippen molar-refractivity contribution in [2.45, 2.75) is 13.8 Å². The molecule has 0 aliphatic rings. The molecule has 6 nitrogen and oxygen atoms in total. The molecule has 126 valence electrons. The monoisotopic (exact) mass is 329 g/mol. The number of ketones is 1. The lowest BCUT2D eigenvalue weighted by atomic mass is 10.1. The maximum absolute atomic E-state index is 11.5. The van der Waals surface area contributed by atoms with Crippen molar-refractivity contribution in [2.75, 3.05) is 18.5 Å². The van der Waals surface area contributed by atoms with Gasteiger partial charge in [-0.2, -0.15) is 0 Å². The van der Waals surface area contributed by atoms with E-state index >= 15 is 0 Å². The van der Waals surface area contributed by atoms with Crippen LogP contribution < -0.4 is 14.8 Å². The van der Waals surface area contributed by atoms with Crippen LogP contribution in [-0.4, -0.2) is 30.0 Å². The SMILES string of the molecule is CC(=O)Nc1ccc(OCCOc2cccc(O)c2C(C)=O)cc1. The quantitative estimate of drug-likeness (QED) is 0.602. The van der Waals surface area contributed by atoms with Gasteiger partial charge in [-0.05, 0) is 43.3 Å². The van der Waals surface area contributed by atoms with Crippen LogP contribution in [0.25, 0.3) is 0 Å². The van der Waals surface area contributed by atoms with Gasteiger partial charge in [-0.25, -0.2) is 0 Å². The number of carbonyl (C=O) groups excluding carboxylic acids is 2. The molecule has 0 bridgehead atoms. The first-order valence-electron chi connectivity index (χ1n) is 7.43. The summed E-state index contributed by atoms with van der Waals surface area (Å²) in [6, 6.07) is 11.6. The largest absolute Gasteiger partial charge is 0.507 e. The molecule has 0 aliphatic carbocycles. The van der Waals surface area contributed by atoms with Gasteiger partial charge >= 0.3 is 0 Å². The van der Waals surface area contributed by atoms with Crippen molar-refractivity contribution in [3.63, 3.8) is 0 Å². The molecule has 0 atom stereocenters. The highest BCUT2D eigenvalue weighted by Crippen LogP contribution is 2.27. The van der Waals surface area contributed by atoms with Crippen LogP contribution in [0.4, 0.5) is 5.69 Å². The molecule has 0 heterocycles. The second-order valence-corrected chi connectivity index (χ2v) is 5.11. The molecule has 0 unspecified atom stereocenters. The molecular formula is C18H19NO5. The zero-order valence-corrected chi connectivity index (χ0v) is 13.5. The third-order valence-electron chi connectivity index (χ3n) is 3.14. The predicted octanol–water partition coefficient (Wildman–Crippen LogP) is 3.01. The summed E-state index contributed by atoms with van der Waals surface area (Å²) in [6.07, 6.45) is 0. The number of Topliss-reactive ketones (excluding diaryl/α,β-unsaturated/α-hetero) is 1. The number of hydrogen-bond donors (Lipinski definition) is 2. The van der Waals surface area contributed by atoms with Crippen LogP contribution in [0.15, 0.2) is 42.5 Å². The smallest absolute Gasteiger partial charge is 0.221 e. The molecule has 0 saturated heterocycles. The first kappa shape index (κ1) is 17.3. The van der Waals surface area contributed by atoms with E-state index in [-0.39, 0.29) is 36.2 Å². The lowest BCUT2D eigenvalue weighted by Gasteiger charge is -2.12. The van der Waals surface area contributed by atoms with Crippen molar-refractivity contribution in [1.29, 1.82) is 0 Å². The lowest BCUT2D eigenvalue weighted by Crippen LogP contribution is -2.11. The zero-order chi connectivity index (χ0) is 17.5. The van der Waals surface area contributed by atoms with Gasteiger partial charge in [0.15, 0.2) is 5.78 Å². The molecule has 2 aromatic carbocycles. The van der Waals surface area contributed by atoms with Gasteiger partial charge in [-0.15, -0.1) is 0 Å². The number of rotatable bonds is 7. The van der Waals surface area contributed by atoms with E-state index < -0.39 is 0 Å². The van der Waals surface area contributed by atoms with Gasteiger partial charge in [0.2, 0.25) is 5.91 Å². The summed E-state index contributed by atoms with van der Waals surface area (Å²) in [5, 5.41) is 12.4. The Balaban J connectivity index is 1.86. The summed E-state index contributed by atoms with van der Waals surface area (Å²) in [6.45, 7) is 3.30. The number of aromatic hydroxyl groups is 1. The van der Waals surface area contributed by atoms with Gasteiger partial charge in [0, 0.05) is 12.6 Å². The first-order chi connectivity index (χ1) is 11.5. The highest BCUT2D eigenvalue weighted by molar-refractivity contribution is 5.99. The van der Waals surface area contributed by atoms with Gasteiger partial charge in [0.05, 0.1) is 0 Å². The molecule has 2 rings (SSSR count). The van der Waals surface area contributed by atoms with Gasteiger partial charge in [0.25, 0.3) is 0 Å². The minimum Gasteiger partial charge on any atom is -0.507 e. The zero-order valence-electron chi connectivity index (χ0n) is 13.5. The molecule has 0 spiro atoms. The van der Waals surface area contributed by atoms with E-state index in [9.17, 15) is 14.7 Å². The van der Waals surface area contributed by atoms with E-state index in [0.29, 0.717) is 17.2 Å². The molecule has 1 amide bonds. The second kappa shape index (κ2) is 8.01. The number of ether oxygens (including phenoxy) is 2. The van der Waals surface area contributed by atoms with Crippen molar-refractivity contribution in [3.8, 4) is 17.2 Å². The van der Waals surface area contributed by atoms with E-state index in [1.165, 1.54) is 19.9 Å². The Bertz CT molecular complexity index is 725. The predicted molar refractivity (Wildman–Crippen MR) is 89.8 cm³/mol. The van der Waals surface area contributed by atoms with Gasteiger partial charge in [0.1, 0.15) is 36.0 Å². The molecule has 2 N–H and O–H groups in total. The first-order valence-corrected chi connectivity index (χ1v) is 7.43. The maximum Gasteiger partial charge on any atom is 0.221 e. The number of phenolic OH excluding ortho intramolecular Hbond substituents is 1. The fraction of sp³-hybridized carbons (Fsp3) is 0.222. The molecule has 6 heteroatoms. The van der Waals surface area contributed by atoms with E-state index in [4.69, 9.17) is 9.47 Å². The number of phenols is 1. The number of benzene rings is 2. The third-order valence-corrected chi connectivity index (χ3v) is 3.14. The summed E-state index contributed by atoms with van der Waals surface area (Å²) in [7, 11) is 0. The summed E-state index contributed by atoms with van der Waals surface area (Å²) >= 11 is 0. The van der Waals surface area contributed by atoms with Crippen LogP contribution in [0.2, 0.25) is 0 Å². The number of anilines is 1. The van der Waals surface area contributed by atoms with Crippen LogP contribution in [0, 0.1) is 0 Å². The van der Waals surface area contributed by atoms with Crippen molar-refractivity contribution in [2.24, 2.45) is 0 Å². The van der Waals surface area contributed by atoms with Gasteiger partial charge in [-0.1, -0.05) is 6.07 Å². The van der Waals surface area contributed by atoms with Crippen LogP contribution in [0.5, 0.6) is 17.2 Å². The Morgan fingerprint density at radius 3 is 2.29 bits per heavy atom. The minimum atomic E-state index is -0.266. The Hall–Kier alpha value is -3.02. The topological polar surface area (TPSA) is 84.9 Å². The van der Waals surface area contributed by atoms with Crippen molar-refractivity contribution < 1.29 is 24.2 Å². The molecule has 0 aromatic heterocycles. The van der Waals surface area contributed by atoms with Crippen LogP contribution >= 0.6 is 0 Å². The standard InChI is InChI=1S/C18H19NO5/c1-12(20)18-16(22)4-3-5-17(18)24-11-10-23-15-8-6-14(7-9-15)19-13(2)21/h3-9,22H,10-11H2,1-2H3,(H,19,21).